The molecule has 0 aromatic heterocycles. The van der Waals surface area contributed by atoms with Crippen molar-refractivity contribution in [2.24, 2.45) is 0 Å². The lowest BCUT2D eigenvalue weighted by Gasteiger charge is -2.15. The minimum absolute atomic E-state index is 0.195. The van der Waals surface area contributed by atoms with Gasteiger partial charge in [-0.25, -0.2) is 0 Å². The van der Waals surface area contributed by atoms with Crippen molar-refractivity contribution < 1.29 is 19.0 Å². The van der Waals surface area contributed by atoms with Gasteiger partial charge in [0.1, 0.15) is 23.9 Å². The Morgan fingerprint density at radius 2 is 1.70 bits per heavy atom. The van der Waals surface area contributed by atoms with Crippen LogP contribution >= 0.6 is 23.2 Å². The van der Waals surface area contributed by atoms with Gasteiger partial charge in [0, 0.05) is 16.1 Å². The second-order valence-electron chi connectivity index (χ2n) is 6.27. The molecule has 1 amide bonds. The molecule has 0 atom stereocenters. The van der Waals surface area contributed by atoms with E-state index in [-0.39, 0.29) is 12.5 Å². The van der Waals surface area contributed by atoms with Gasteiger partial charge < -0.3 is 19.5 Å². The molecule has 0 saturated carbocycles. The first-order valence-electron chi connectivity index (χ1n) is 9.29. The lowest BCUT2D eigenvalue weighted by molar-refractivity contribution is 0.102. The Kier molecular flexibility index (Phi) is 7.44. The molecule has 0 heterocycles. The van der Waals surface area contributed by atoms with Gasteiger partial charge in [0.15, 0.2) is 0 Å². The molecule has 5 nitrogen and oxygen atoms in total. The summed E-state index contributed by atoms with van der Waals surface area (Å²) in [7, 11) is 1.53. The molecule has 0 aliphatic rings. The molecule has 0 radical (unpaired) electrons. The molecule has 0 aliphatic carbocycles. The molecule has 0 fully saturated rings. The Hall–Kier alpha value is -2.89. The van der Waals surface area contributed by atoms with Crippen molar-refractivity contribution in [3.63, 3.8) is 0 Å². The number of nitrogens with one attached hydrogen (secondary N) is 1. The summed E-state index contributed by atoms with van der Waals surface area (Å²) < 4.78 is 16.8. The van der Waals surface area contributed by atoms with Gasteiger partial charge in [-0.2, -0.15) is 0 Å². The molecular formula is C23H21Cl2NO4. The molecule has 30 heavy (non-hydrogen) atoms. The predicted molar refractivity (Wildman–Crippen MR) is 119 cm³/mol. The van der Waals surface area contributed by atoms with Crippen molar-refractivity contribution in [1.29, 1.82) is 0 Å². The monoisotopic (exact) mass is 445 g/mol. The van der Waals surface area contributed by atoms with Crippen molar-refractivity contribution >= 4 is 34.8 Å². The van der Waals surface area contributed by atoms with Crippen LogP contribution in [-0.2, 0) is 6.61 Å². The smallest absolute Gasteiger partial charge is 0.255 e. The van der Waals surface area contributed by atoms with Crippen LogP contribution in [0, 0.1) is 0 Å². The predicted octanol–water partition coefficient (Wildman–Crippen LogP) is 6.23. The second-order valence-corrected chi connectivity index (χ2v) is 7.12. The zero-order chi connectivity index (χ0) is 21.5. The van der Waals surface area contributed by atoms with Gasteiger partial charge in [-0.3, -0.25) is 4.79 Å². The second kappa shape index (κ2) is 10.2. The van der Waals surface area contributed by atoms with Gasteiger partial charge in [-0.05, 0) is 55.5 Å². The van der Waals surface area contributed by atoms with Gasteiger partial charge in [0.2, 0.25) is 0 Å². The number of benzene rings is 3. The van der Waals surface area contributed by atoms with Crippen LogP contribution in [0.5, 0.6) is 17.2 Å². The number of para-hydroxylation sites is 1. The number of carbonyl (C=O) groups excluding carboxylic acids is 1. The highest BCUT2D eigenvalue weighted by Crippen LogP contribution is 2.30. The fraction of sp³-hybridized carbons (Fsp3) is 0.174. The lowest BCUT2D eigenvalue weighted by Crippen LogP contribution is -2.14. The third kappa shape index (κ3) is 5.38. The minimum Gasteiger partial charge on any atom is -0.495 e. The van der Waals surface area contributed by atoms with Crippen LogP contribution < -0.4 is 19.5 Å². The summed E-state index contributed by atoms with van der Waals surface area (Å²) in [5, 5.41) is 3.83. The van der Waals surface area contributed by atoms with E-state index >= 15 is 0 Å². The average molecular weight is 446 g/mol. The fourth-order valence-corrected chi connectivity index (χ4v) is 3.18. The van der Waals surface area contributed by atoms with E-state index in [1.54, 1.807) is 48.5 Å². The first-order valence-corrected chi connectivity index (χ1v) is 10.1. The Balaban J connectivity index is 1.83. The fourth-order valence-electron chi connectivity index (χ4n) is 2.82. The van der Waals surface area contributed by atoms with E-state index < -0.39 is 0 Å². The van der Waals surface area contributed by atoms with Crippen LogP contribution in [0.15, 0.2) is 60.7 Å². The molecule has 0 aliphatic heterocycles. The van der Waals surface area contributed by atoms with Gasteiger partial charge >= 0.3 is 0 Å². The van der Waals surface area contributed by atoms with Gasteiger partial charge in [0.25, 0.3) is 5.91 Å². The molecule has 156 valence electrons. The molecule has 0 spiro atoms. The molecule has 3 aromatic rings. The number of amides is 1. The topological polar surface area (TPSA) is 56.8 Å². The average Bonchev–Trinajstić information content (AvgIpc) is 2.74. The zero-order valence-corrected chi connectivity index (χ0v) is 18.1. The summed E-state index contributed by atoms with van der Waals surface area (Å²) in [6.45, 7) is 2.58. The Morgan fingerprint density at radius 1 is 0.933 bits per heavy atom. The van der Waals surface area contributed by atoms with Crippen molar-refractivity contribution in [3.05, 3.63) is 81.8 Å². The molecule has 0 bridgehead atoms. The third-order valence-corrected chi connectivity index (χ3v) is 4.80. The molecule has 0 saturated heterocycles. The summed E-state index contributed by atoms with van der Waals surface area (Å²) in [5.74, 6) is 1.40. The van der Waals surface area contributed by atoms with E-state index in [1.807, 2.05) is 19.1 Å². The van der Waals surface area contributed by atoms with E-state index in [4.69, 9.17) is 37.4 Å². The third-order valence-electron chi connectivity index (χ3n) is 4.25. The zero-order valence-electron chi connectivity index (χ0n) is 16.6. The molecular weight excluding hydrogens is 425 g/mol. The summed E-state index contributed by atoms with van der Waals surface area (Å²) in [6, 6.07) is 17.4. The van der Waals surface area contributed by atoms with E-state index in [0.717, 1.165) is 5.56 Å². The molecule has 1 N–H and O–H groups in total. The number of carbonyl (C=O) groups is 1. The Bertz CT molecular complexity index is 1040. The highest BCUT2D eigenvalue weighted by atomic mass is 35.5. The molecule has 3 rings (SSSR count). The highest BCUT2D eigenvalue weighted by Gasteiger charge is 2.14. The first-order chi connectivity index (χ1) is 14.5. The maximum absolute atomic E-state index is 12.8. The van der Waals surface area contributed by atoms with Crippen molar-refractivity contribution in [1.82, 2.24) is 0 Å². The first kappa shape index (κ1) is 21.8. The summed E-state index contributed by atoms with van der Waals surface area (Å²) in [4.78, 5) is 12.8. The number of hydrogen-bond donors (Lipinski definition) is 1. The largest absolute Gasteiger partial charge is 0.495 e. The highest BCUT2D eigenvalue weighted by molar-refractivity contribution is 6.32. The SMILES string of the molecule is CCOc1ccc(C(=O)Nc2cc(Cl)ccc2OC)cc1COc1ccccc1Cl. The summed E-state index contributed by atoms with van der Waals surface area (Å²) in [6.07, 6.45) is 0. The number of methoxy groups -OCH3 is 1. The normalized spacial score (nSPS) is 10.4. The van der Waals surface area contributed by atoms with Gasteiger partial charge in [-0.1, -0.05) is 35.3 Å². The van der Waals surface area contributed by atoms with Crippen LogP contribution in [0.1, 0.15) is 22.8 Å². The summed E-state index contributed by atoms with van der Waals surface area (Å²) in [5.41, 5.74) is 1.65. The van der Waals surface area contributed by atoms with Crippen LogP contribution in [-0.4, -0.2) is 19.6 Å². The Labute approximate surface area is 185 Å². The van der Waals surface area contributed by atoms with Crippen molar-refractivity contribution in [2.45, 2.75) is 13.5 Å². The van der Waals surface area contributed by atoms with E-state index in [0.29, 0.717) is 45.2 Å². The number of halogens is 2. The number of hydrogen-bond acceptors (Lipinski definition) is 4. The molecule has 0 unspecified atom stereocenters. The maximum Gasteiger partial charge on any atom is 0.255 e. The van der Waals surface area contributed by atoms with Crippen molar-refractivity contribution in [2.75, 3.05) is 19.0 Å². The Morgan fingerprint density at radius 3 is 2.43 bits per heavy atom. The quantitative estimate of drug-likeness (QED) is 0.446. The van der Waals surface area contributed by atoms with Crippen LogP contribution in [0.25, 0.3) is 0 Å². The number of ether oxygens (including phenoxy) is 3. The molecule has 3 aromatic carbocycles. The van der Waals surface area contributed by atoms with Gasteiger partial charge in [-0.15, -0.1) is 0 Å². The number of anilines is 1. The minimum atomic E-state index is -0.308. The standard InChI is InChI=1S/C23H21Cl2NO4/c1-3-29-20-10-8-15(12-16(20)14-30-21-7-5-4-6-18(21)25)23(27)26-19-13-17(24)9-11-22(19)28-2/h4-13H,3,14H2,1-2H3,(H,26,27). The maximum atomic E-state index is 12.8. The lowest BCUT2D eigenvalue weighted by atomic mass is 10.1. The molecule has 7 heteroatoms. The van der Waals surface area contributed by atoms with Crippen LogP contribution in [0.3, 0.4) is 0 Å². The summed E-state index contributed by atoms with van der Waals surface area (Å²) >= 11 is 12.2. The number of rotatable bonds is 8. The van der Waals surface area contributed by atoms with Crippen LogP contribution in [0.2, 0.25) is 10.0 Å². The van der Waals surface area contributed by atoms with E-state index in [9.17, 15) is 4.79 Å². The van der Waals surface area contributed by atoms with Gasteiger partial charge in [0.05, 0.1) is 24.4 Å². The van der Waals surface area contributed by atoms with E-state index in [1.165, 1.54) is 7.11 Å². The van der Waals surface area contributed by atoms with E-state index in [2.05, 4.69) is 5.32 Å². The van der Waals surface area contributed by atoms with Crippen molar-refractivity contribution in [3.8, 4) is 17.2 Å². The van der Waals surface area contributed by atoms with Crippen LogP contribution in [0.4, 0.5) is 5.69 Å².